The van der Waals surface area contributed by atoms with Crippen LogP contribution in [0.25, 0.3) is 61.3 Å². The molecule has 0 saturated heterocycles. The van der Waals surface area contributed by atoms with Gasteiger partial charge >= 0.3 is 0 Å². The van der Waals surface area contributed by atoms with E-state index in [9.17, 15) is 0 Å². The van der Waals surface area contributed by atoms with Crippen molar-refractivity contribution in [1.29, 1.82) is 0 Å². The molecule has 3 heteroatoms. The van der Waals surface area contributed by atoms with Crippen LogP contribution in [-0.2, 0) is 0 Å². The number of para-hydroxylation sites is 2. The smallest absolute Gasteiger partial charge is 0.149 e. The molecule has 0 amide bonds. The van der Waals surface area contributed by atoms with Crippen LogP contribution in [0.15, 0.2) is 114 Å². The van der Waals surface area contributed by atoms with Crippen molar-refractivity contribution in [3.05, 3.63) is 132 Å². The van der Waals surface area contributed by atoms with Gasteiger partial charge in [-0.3, -0.25) is 4.57 Å². The Morgan fingerprint density at radius 1 is 0.636 bits per heavy atom. The fourth-order valence-corrected chi connectivity index (χ4v) is 6.68. The van der Waals surface area contributed by atoms with Crippen LogP contribution in [0.4, 0.5) is 0 Å². The first-order valence-electron chi connectivity index (χ1n) is 15.6. The topological polar surface area (TPSA) is 31.0 Å². The number of aromatic nitrogens is 2. The van der Waals surface area contributed by atoms with Gasteiger partial charge in [0.15, 0.2) is 0 Å². The molecule has 7 rings (SSSR count). The fourth-order valence-electron chi connectivity index (χ4n) is 6.68. The number of fused-ring (bicyclic) bond motifs is 2. The molecule has 0 N–H and O–H groups in total. The Bertz CT molecular complexity index is 2090. The van der Waals surface area contributed by atoms with E-state index in [4.69, 9.17) is 9.40 Å². The average Bonchev–Trinajstić information content (AvgIpc) is 3.61. The molecule has 0 unspecified atom stereocenters. The monoisotopic (exact) mass is 574 g/mol. The van der Waals surface area contributed by atoms with Crippen molar-refractivity contribution in [2.75, 3.05) is 0 Å². The summed E-state index contributed by atoms with van der Waals surface area (Å²) in [5.74, 6) is 1.52. The Morgan fingerprint density at radius 2 is 1.30 bits per heavy atom. The molecule has 2 heterocycles. The lowest BCUT2D eigenvalue weighted by Crippen LogP contribution is -2.09. The van der Waals surface area contributed by atoms with Crippen LogP contribution in [0.3, 0.4) is 0 Å². The minimum Gasteiger partial charge on any atom is -0.464 e. The van der Waals surface area contributed by atoms with Gasteiger partial charge in [0.2, 0.25) is 0 Å². The van der Waals surface area contributed by atoms with E-state index in [0.29, 0.717) is 11.8 Å². The van der Waals surface area contributed by atoms with Crippen molar-refractivity contribution >= 4 is 22.0 Å². The molecule has 3 nitrogen and oxygen atoms in total. The third kappa shape index (κ3) is 4.64. The Labute approximate surface area is 259 Å². The molecule has 0 bridgehead atoms. The van der Waals surface area contributed by atoms with Gasteiger partial charge in [-0.15, -0.1) is 0 Å². The van der Waals surface area contributed by atoms with Gasteiger partial charge in [-0.1, -0.05) is 94.4 Å². The van der Waals surface area contributed by atoms with E-state index < -0.39 is 0 Å². The molecule has 0 aliphatic rings. The van der Waals surface area contributed by atoms with Crippen LogP contribution in [0.1, 0.15) is 61.8 Å². The zero-order chi connectivity index (χ0) is 30.5. The van der Waals surface area contributed by atoms with E-state index in [2.05, 4.69) is 149 Å². The minimum absolute atomic E-state index is 0.307. The summed E-state index contributed by atoms with van der Waals surface area (Å²) in [7, 11) is 0. The van der Waals surface area contributed by atoms with E-state index in [1.807, 2.05) is 6.26 Å². The average molecular weight is 575 g/mol. The number of aryl methyl sites for hydroxylation is 2. The van der Waals surface area contributed by atoms with Crippen molar-refractivity contribution in [3.8, 4) is 39.3 Å². The van der Waals surface area contributed by atoms with Crippen LogP contribution in [0, 0.1) is 13.8 Å². The summed E-state index contributed by atoms with van der Waals surface area (Å²) in [6.07, 6.45) is 1.89. The van der Waals surface area contributed by atoms with Crippen molar-refractivity contribution in [3.63, 3.8) is 0 Å². The first kappa shape index (κ1) is 27.9. The number of nitrogens with zero attached hydrogens (tertiary/aromatic N) is 2. The van der Waals surface area contributed by atoms with Gasteiger partial charge in [0, 0.05) is 5.39 Å². The standard InChI is InChI=1S/C41H38N2O/c1-25(2)33-21-31(29-15-8-7-9-16-29)22-34(26(3)4)40(33)43-37-18-11-10-17-36(37)42-41(43)35-24-44-38-23-30(19-20-32(35)38)39-27(5)13-12-14-28(39)6/h7-26H,1-6H3. The highest BCUT2D eigenvalue weighted by molar-refractivity contribution is 5.97. The number of benzene rings is 5. The number of furan rings is 1. The maximum atomic E-state index is 6.31. The summed E-state index contributed by atoms with van der Waals surface area (Å²) in [4.78, 5) is 5.27. The Morgan fingerprint density at radius 3 is 1.98 bits per heavy atom. The van der Waals surface area contributed by atoms with Gasteiger partial charge in [-0.2, -0.15) is 0 Å². The third-order valence-corrected chi connectivity index (χ3v) is 8.89. The molecular weight excluding hydrogens is 536 g/mol. The molecule has 2 aromatic heterocycles. The van der Waals surface area contributed by atoms with E-state index in [1.54, 1.807) is 0 Å². The summed E-state index contributed by atoms with van der Waals surface area (Å²) < 4.78 is 8.70. The Kier molecular flexibility index (Phi) is 6.97. The van der Waals surface area contributed by atoms with Crippen molar-refractivity contribution in [1.82, 2.24) is 9.55 Å². The molecule has 44 heavy (non-hydrogen) atoms. The summed E-state index contributed by atoms with van der Waals surface area (Å²) in [6, 6.07) is 37.0. The van der Waals surface area contributed by atoms with Crippen molar-refractivity contribution in [2.24, 2.45) is 0 Å². The Hall–Kier alpha value is -4.89. The molecule has 0 aliphatic carbocycles. The summed E-state index contributed by atoms with van der Waals surface area (Å²) in [6.45, 7) is 13.5. The Balaban J connectivity index is 1.49. The van der Waals surface area contributed by atoms with E-state index in [1.165, 1.54) is 50.2 Å². The van der Waals surface area contributed by atoms with Crippen molar-refractivity contribution in [2.45, 2.75) is 53.4 Å². The number of hydrogen-bond acceptors (Lipinski definition) is 2. The van der Waals surface area contributed by atoms with Crippen LogP contribution < -0.4 is 0 Å². The number of imidazole rings is 1. The van der Waals surface area contributed by atoms with Crippen LogP contribution in [0.2, 0.25) is 0 Å². The van der Waals surface area contributed by atoms with Gasteiger partial charge in [-0.05, 0) is 107 Å². The second-order valence-electron chi connectivity index (χ2n) is 12.6. The van der Waals surface area contributed by atoms with Gasteiger partial charge < -0.3 is 4.42 Å². The van der Waals surface area contributed by atoms with E-state index >= 15 is 0 Å². The molecule has 0 radical (unpaired) electrons. The highest BCUT2D eigenvalue weighted by atomic mass is 16.3. The quantitative estimate of drug-likeness (QED) is 0.198. The lowest BCUT2D eigenvalue weighted by Gasteiger charge is -2.24. The third-order valence-electron chi connectivity index (χ3n) is 8.89. The number of hydrogen-bond donors (Lipinski definition) is 0. The van der Waals surface area contributed by atoms with Gasteiger partial charge in [0.05, 0.1) is 22.3 Å². The zero-order valence-corrected chi connectivity index (χ0v) is 26.3. The molecule has 0 fully saturated rings. The zero-order valence-electron chi connectivity index (χ0n) is 26.3. The molecule has 5 aromatic carbocycles. The maximum Gasteiger partial charge on any atom is 0.149 e. The first-order chi connectivity index (χ1) is 21.3. The van der Waals surface area contributed by atoms with Crippen LogP contribution in [-0.4, -0.2) is 9.55 Å². The number of rotatable bonds is 6. The molecule has 0 aliphatic heterocycles. The van der Waals surface area contributed by atoms with E-state index in [-0.39, 0.29) is 0 Å². The fraction of sp³-hybridized carbons (Fsp3) is 0.195. The van der Waals surface area contributed by atoms with Crippen LogP contribution >= 0.6 is 0 Å². The predicted octanol–water partition coefficient (Wildman–Crippen LogP) is 11.6. The van der Waals surface area contributed by atoms with Gasteiger partial charge in [0.25, 0.3) is 0 Å². The first-order valence-corrected chi connectivity index (χ1v) is 15.6. The molecule has 0 atom stereocenters. The van der Waals surface area contributed by atoms with Gasteiger partial charge in [0.1, 0.15) is 17.7 Å². The second kappa shape index (κ2) is 11.0. The predicted molar refractivity (Wildman–Crippen MR) is 185 cm³/mol. The van der Waals surface area contributed by atoms with Crippen molar-refractivity contribution < 1.29 is 4.42 Å². The lowest BCUT2D eigenvalue weighted by molar-refractivity contribution is 0.616. The summed E-state index contributed by atoms with van der Waals surface area (Å²) in [5, 5.41) is 1.06. The molecule has 7 aromatic rings. The highest BCUT2D eigenvalue weighted by Gasteiger charge is 2.25. The lowest BCUT2D eigenvalue weighted by atomic mass is 9.88. The summed E-state index contributed by atoms with van der Waals surface area (Å²) in [5.41, 5.74) is 15.2. The van der Waals surface area contributed by atoms with E-state index in [0.717, 1.165) is 33.4 Å². The largest absolute Gasteiger partial charge is 0.464 e. The molecule has 218 valence electrons. The highest BCUT2D eigenvalue weighted by Crippen LogP contribution is 2.42. The minimum atomic E-state index is 0.307. The SMILES string of the molecule is Cc1cccc(C)c1-c1ccc2c(-c3nc4ccccc4n3-c3c(C(C)C)cc(-c4ccccc4)cc3C(C)C)coc2c1. The van der Waals surface area contributed by atoms with Gasteiger partial charge in [-0.25, -0.2) is 4.98 Å². The summed E-state index contributed by atoms with van der Waals surface area (Å²) >= 11 is 0. The normalized spacial score (nSPS) is 11.8. The molecule has 0 spiro atoms. The second-order valence-corrected chi connectivity index (χ2v) is 12.6. The molecule has 0 saturated carbocycles. The van der Waals surface area contributed by atoms with Crippen LogP contribution in [0.5, 0.6) is 0 Å². The molecular formula is C41H38N2O. The maximum absolute atomic E-state index is 6.31.